The van der Waals surface area contributed by atoms with Crippen molar-refractivity contribution in [3.8, 4) is 11.1 Å². The molecule has 22 rings (SSSR count). The number of allylic oxidation sites excluding steroid dienone is 7. The maximum Gasteiger partial charge on any atom is 0.255 e. The summed E-state index contributed by atoms with van der Waals surface area (Å²) in [6.45, 7) is 16.9. The molecule has 5 aliphatic carbocycles. The molecular formula is C121H96BrCl12F2N5O2. The molecule has 0 bridgehead atoms. The molecule has 14 aromatic carbocycles. The van der Waals surface area contributed by atoms with Gasteiger partial charge in [0.2, 0.25) is 5.91 Å². The Hall–Kier alpha value is -10.9. The lowest BCUT2D eigenvalue weighted by atomic mass is 9.78. The third-order valence-electron chi connectivity index (χ3n) is 25.7. The van der Waals surface area contributed by atoms with E-state index in [1.807, 2.05) is 205 Å². The second-order valence-electron chi connectivity index (χ2n) is 36.5. The molecule has 722 valence electrons. The van der Waals surface area contributed by atoms with Crippen LogP contribution in [0.5, 0.6) is 0 Å². The van der Waals surface area contributed by atoms with E-state index in [4.69, 9.17) is 139 Å². The van der Waals surface area contributed by atoms with Crippen LogP contribution < -0.4 is 5.32 Å². The number of hydrogen-bond donors (Lipinski definition) is 3. The van der Waals surface area contributed by atoms with Gasteiger partial charge in [-0.1, -0.05) is 326 Å². The van der Waals surface area contributed by atoms with E-state index in [1.54, 1.807) is 41.0 Å². The SMILES string of the molecule is CN(C)CC(=O)n1cc(-c2ccc(Cl)c(Cl)c2)c2cc(Cl)ccc21.Cc1cc(C2=CCc3cc(F)ccc32)ccc1Cl.Cc1cc(NC(=O)C2=CCc3ccc(Br)cc32)ccc1Cl.Cc1cc2[nH]cc(C(C)(C)c3c[nH]c4cc(Cl)c(Cl)cc34)c2cc1Cl.Cc1cccc(/C=C/C2=CCc3cc(F)ccc32)c1Cl.Cc1cccc(C2=CCc3cc(Cl)c(Cl)cc32)c1.Cc1cccc(C2=CCc3ccc(Cl)cc32)c1. The Bertz CT molecular complexity index is 8000. The van der Waals surface area contributed by atoms with Crippen molar-refractivity contribution in [1.29, 1.82) is 0 Å². The Labute approximate surface area is 901 Å². The van der Waals surface area contributed by atoms with Crippen molar-refractivity contribution in [3.63, 3.8) is 0 Å². The van der Waals surface area contributed by atoms with Crippen molar-refractivity contribution >= 4 is 239 Å². The number of aromatic amines is 2. The van der Waals surface area contributed by atoms with E-state index in [2.05, 4.69) is 162 Å². The van der Waals surface area contributed by atoms with Gasteiger partial charge in [0.15, 0.2) is 0 Å². The van der Waals surface area contributed by atoms with Gasteiger partial charge in [-0.05, 0) is 372 Å². The van der Waals surface area contributed by atoms with Gasteiger partial charge in [0.05, 0.1) is 47.2 Å². The van der Waals surface area contributed by atoms with Crippen LogP contribution in [0.25, 0.3) is 77.8 Å². The van der Waals surface area contributed by atoms with E-state index in [0.29, 0.717) is 46.7 Å². The molecule has 1 amide bonds. The first-order valence-corrected chi connectivity index (χ1v) is 51.5. The summed E-state index contributed by atoms with van der Waals surface area (Å²) in [6, 6.07) is 79.5. The minimum Gasteiger partial charge on any atom is -0.361 e. The number of amides is 1. The van der Waals surface area contributed by atoms with Crippen LogP contribution in [0.3, 0.4) is 0 Å². The molecular weight excluding hydrogens is 2100 g/mol. The standard InChI is InChI=1S/C20H17Cl3N2.C18H15Cl3N2O.C18H14ClF.C17H13BrClNO.C16H12Cl2.C16H12ClF.C16H13Cl/c1-10-4-18-11(5-15(10)21)13(8-24-18)20(2,3)14-9-25-19-7-17(23)16(22)6-12(14)19;1-22(2)10-18(24)23-9-14(11-3-5-15(20)16(21)7-11)13-8-12(19)4-6-17(13)23;1-12-3-2-4-14(18(12)19)7-5-13-6-8-15-11-16(20)9-10-17(13)15;1-10-8-13(5-7-16(10)19)20-17(21)14-6-3-11-2-4-12(18)9-15(11)14;1-10-3-2-4-11(7-10)13-6-5-12-8-15(17)16(18)9-14(12)13;1-10-8-11(3-7-16(10)17)14-5-2-12-9-13(18)4-6-15(12)14;1-11-3-2-4-13(9-11)15-8-6-12-5-7-14(17)10-16(12)15/h4-9,24-25H,1-3H3;3-9H,10H2,1-2H3;2-7,9-11H,8H2,1H3;2,4-9H,3H2,1H3,(H,20,21);2-4,6-9H,5H2,1H3;3-9H,2H2,1H3;2-5,7-10H,6H2,1H3/b;;7-5+;;;;. The molecule has 3 aromatic heterocycles. The minimum atomic E-state index is -0.244. The van der Waals surface area contributed by atoms with Crippen molar-refractivity contribution in [2.24, 2.45) is 0 Å². The highest BCUT2D eigenvalue weighted by atomic mass is 79.9. The maximum atomic E-state index is 13.2. The number of carbonyl (C=O) groups is 2. The van der Waals surface area contributed by atoms with Gasteiger partial charge in [-0.15, -0.1) is 0 Å². The summed E-state index contributed by atoms with van der Waals surface area (Å²) in [6.07, 6.45) is 25.1. The number of likely N-dealkylation sites (N-methyl/N-ethyl adjacent to an activating group) is 1. The van der Waals surface area contributed by atoms with Crippen LogP contribution in [0.1, 0.15) is 141 Å². The van der Waals surface area contributed by atoms with Crippen LogP contribution in [-0.2, 0) is 42.3 Å². The number of hydrogen-bond acceptors (Lipinski definition) is 3. The topological polar surface area (TPSA) is 85.9 Å². The molecule has 0 atom stereocenters. The van der Waals surface area contributed by atoms with Gasteiger partial charge in [-0.2, -0.15) is 0 Å². The van der Waals surface area contributed by atoms with Gasteiger partial charge in [0.1, 0.15) is 11.6 Å². The predicted octanol–water partition coefficient (Wildman–Crippen LogP) is 37.8. The number of halogens is 15. The Kier molecular flexibility index (Phi) is 33.6. The zero-order valence-electron chi connectivity index (χ0n) is 79.6. The second-order valence-corrected chi connectivity index (χ2v) is 42.4. The third kappa shape index (κ3) is 24.4. The van der Waals surface area contributed by atoms with Crippen LogP contribution in [0.4, 0.5) is 14.5 Å². The number of nitrogens with one attached hydrogen (secondary N) is 3. The first-order valence-electron chi connectivity index (χ1n) is 46.1. The zero-order chi connectivity index (χ0) is 102. The normalized spacial score (nSPS) is 12.8. The van der Waals surface area contributed by atoms with Crippen LogP contribution in [0.2, 0.25) is 60.3 Å². The van der Waals surface area contributed by atoms with Crippen molar-refractivity contribution in [2.75, 3.05) is 26.0 Å². The van der Waals surface area contributed by atoms with E-state index in [-0.39, 0.29) is 28.9 Å². The number of H-pyrrole nitrogens is 2. The summed E-state index contributed by atoms with van der Waals surface area (Å²) < 4.78 is 29.0. The van der Waals surface area contributed by atoms with Gasteiger partial charge >= 0.3 is 0 Å². The van der Waals surface area contributed by atoms with Crippen LogP contribution in [0, 0.1) is 53.2 Å². The number of aromatic nitrogens is 3. The summed E-state index contributed by atoms with van der Waals surface area (Å²) in [5.74, 6) is -0.452. The fourth-order valence-electron chi connectivity index (χ4n) is 18.3. The van der Waals surface area contributed by atoms with Crippen molar-refractivity contribution in [2.45, 2.75) is 92.9 Å². The van der Waals surface area contributed by atoms with Gasteiger partial charge in [-0.3, -0.25) is 14.2 Å². The van der Waals surface area contributed by atoms with Crippen molar-refractivity contribution in [3.05, 3.63) is 503 Å². The highest BCUT2D eigenvalue weighted by Gasteiger charge is 2.31. The first kappa shape index (κ1) is 105. The molecule has 0 unspecified atom stereocenters. The number of fused-ring (bicyclic) bond motifs is 8. The smallest absolute Gasteiger partial charge is 0.255 e. The molecule has 0 saturated carbocycles. The Morgan fingerprint density at radius 1 is 0.406 bits per heavy atom. The van der Waals surface area contributed by atoms with E-state index >= 15 is 0 Å². The van der Waals surface area contributed by atoms with Gasteiger partial charge in [0.25, 0.3) is 5.91 Å². The molecule has 22 heteroatoms. The zero-order valence-corrected chi connectivity index (χ0v) is 90.2. The largest absolute Gasteiger partial charge is 0.361 e. The molecule has 3 heterocycles. The van der Waals surface area contributed by atoms with Crippen LogP contribution in [-0.4, -0.2) is 51.9 Å². The minimum absolute atomic E-state index is 0.0152. The molecule has 5 aliphatic rings. The predicted molar refractivity (Wildman–Crippen MR) is 609 cm³/mol. The van der Waals surface area contributed by atoms with E-state index < -0.39 is 0 Å². The lowest BCUT2D eigenvalue weighted by molar-refractivity contribution is -0.111. The van der Waals surface area contributed by atoms with Gasteiger partial charge < -0.3 is 20.2 Å². The summed E-state index contributed by atoms with van der Waals surface area (Å²) in [5, 5.41) is 13.8. The quantitative estimate of drug-likeness (QED) is 0.114. The fraction of sp³-hybridized carbons (Fsp3) is 0.140. The molecule has 0 aliphatic heterocycles. The molecule has 7 nitrogen and oxygen atoms in total. The number of nitrogens with zero attached hydrogens (tertiary/aromatic N) is 2. The maximum absolute atomic E-state index is 13.2. The molecule has 3 N–H and O–H groups in total. The summed E-state index contributed by atoms with van der Waals surface area (Å²) >= 11 is 77.1. The van der Waals surface area contributed by atoms with E-state index in [9.17, 15) is 18.4 Å². The third-order valence-corrected chi connectivity index (χ3v) is 30.7. The number of rotatable bonds is 12. The lowest BCUT2D eigenvalue weighted by Crippen LogP contribution is -2.25. The van der Waals surface area contributed by atoms with Crippen LogP contribution >= 0.6 is 155 Å². The molecule has 0 fully saturated rings. The van der Waals surface area contributed by atoms with Gasteiger partial charge in [-0.25, -0.2) is 8.78 Å². The first-order chi connectivity index (χ1) is 68.4. The Morgan fingerprint density at radius 2 is 0.916 bits per heavy atom. The average Bonchev–Trinajstić information content (AvgIpc) is 1.49. The lowest BCUT2D eigenvalue weighted by Gasteiger charge is -2.24. The molecule has 0 radical (unpaired) electrons. The number of benzene rings is 14. The number of carbonyl (C=O) groups excluding carboxylic acids is 2. The van der Waals surface area contributed by atoms with Gasteiger partial charge in [0, 0.05) is 97.6 Å². The Morgan fingerprint density at radius 3 is 1.57 bits per heavy atom. The van der Waals surface area contributed by atoms with Crippen LogP contribution in [0.15, 0.2) is 308 Å². The molecule has 0 saturated heterocycles. The Balaban J connectivity index is 0.000000120. The molecule has 0 spiro atoms. The summed E-state index contributed by atoms with van der Waals surface area (Å²) in [4.78, 5) is 33.5. The highest BCUT2D eigenvalue weighted by Crippen LogP contribution is 2.46. The average molecular weight is 2200 g/mol. The van der Waals surface area contributed by atoms with E-state index in [0.717, 1.165) is 179 Å². The molecule has 143 heavy (non-hydrogen) atoms. The number of anilines is 1. The fourth-order valence-corrected chi connectivity index (χ4v) is 20.6. The summed E-state index contributed by atoms with van der Waals surface area (Å²) in [5.41, 5.74) is 36.1. The number of aryl methyl sites for hydroxylation is 6. The summed E-state index contributed by atoms with van der Waals surface area (Å²) in [7, 11) is 3.72. The molecule has 17 aromatic rings. The van der Waals surface area contributed by atoms with E-state index in [1.165, 1.54) is 90.1 Å². The second kappa shape index (κ2) is 45.8. The van der Waals surface area contributed by atoms with Crippen molar-refractivity contribution < 1.29 is 18.4 Å². The van der Waals surface area contributed by atoms with Crippen molar-refractivity contribution in [1.82, 2.24) is 19.4 Å². The highest BCUT2D eigenvalue weighted by molar-refractivity contribution is 9.10. The monoisotopic (exact) mass is 2190 g/mol.